The number of aliphatic hydroxyl groups excluding tert-OH is 1. The summed E-state index contributed by atoms with van der Waals surface area (Å²) >= 11 is 2.71. The third kappa shape index (κ3) is 3.40. The second kappa shape index (κ2) is 5.68. The van der Waals surface area contributed by atoms with Gasteiger partial charge in [0.25, 0.3) is 0 Å². The number of hydrogen-bond donors (Lipinski definition) is 2. The molecule has 0 aliphatic rings. The Morgan fingerprint density at radius 2 is 2.16 bits per heavy atom. The van der Waals surface area contributed by atoms with Crippen LogP contribution in [-0.2, 0) is 23.2 Å². The fourth-order valence-electron chi connectivity index (χ4n) is 1.59. The molecular weight excluding hydrogens is 304 g/mol. The van der Waals surface area contributed by atoms with Crippen LogP contribution in [0.25, 0.3) is 0 Å². The maximum absolute atomic E-state index is 12.2. The summed E-state index contributed by atoms with van der Waals surface area (Å²) in [6.07, 6.45) is 0. The number of aryl methyl sites for hydroxylation is 2. The van der Waals surface area contributed by atoms with Gasteiger partial charge in [-0.2, -0.15) is 0 Å². The molecule has 2 aromatic heterocycles. The van der Waals surface area contributed by atoms with Gasteiger partial charge in [0.15, 0.2) is 0 Å². The lowest BCUT2D eigenvalue weighted by Gasteiger charge is -2.04. The predicted molar refractivity (Wildman–Crippen MR) is 75.9 cm³/mol. The van der Waals surface area contributed by atoms with Gasteiger partial charge in [-0.05, 0) is 19.9 Å². The minimum Gasteiger partial charge on any atom is -0.391 e. The Morgan fingerprint density at radius 3 is 2.68 bits per heavy atom. The van der Waals surface area contributed by atoms with Gasteiger partial charge in [-0.25, -0.2) is 18.1 Å². The highest BCUT2D eigenvalue weighted by Gasteiger charge is 2.19. The summed E-state index contributed by atoms with van der Waals surface area (Å²) in [6.45, 7) is 3.63. The van der Waals surface area contributed by atoms with E-state index in [1.165, 1.54) is 28.7 Å². The topological polar surface area (TPSA) is 79.3 Å². The molecule has 2 heterocycles. The Kier molecular flexibility index (Phi) is 4.36. The molecule has 0 saturated heterocycles. The highest BCUT2D eigenvalue weighted by Crippen LogP contribution is 2.25. The van der Waals surface area contributed by atoms with Crippen LogP contribution in [-0.4, -0.2) is 18.5 Å². The number of sulfonamides is 1. The molecule has 0 saturated carbocycles. The smallest absolute Gasteiger partial charge is 0.242 e. The number of aliphatic hydroxyl groups is 1. The van der Waals surface area contributed by atoms with Crippen molar-refractivity contribution in [3.63, 3.8) is 0 Å². The first-order chi connectivity index (χ1) is 8.92. The molecule has 0 radical (unpaired) electrons. The standard InChI is InChI=1S/C11H14N2O3S3/c1-7-6-17-11(13-7)4-12-19(15,16)10-3-9(5-14)18-8(10)2/h3,6,12,14H,4-5H2,1-2H3. The number of thiophene rings is 1. The van der Waals surface area contributed by atoms with E-state index in [-0.39, 0.29) is 18.0 Å². The number of nitrogens with one attached hydrogen (secondary N) is 1. The minimum atomic E-state index is -3.55. The molecular formula is C11H14N2O3S3. The highest BCUT2D eigenvalue weighted by molar-refractivity contribution is 7.89. The number of rotatable bonds is 5. The van der Waals surface area contributed by atoms with Gasteiger partial charge in [0.2, 0.25) is 10.0 Å². The first-order valence-electron chi connectivity index (χ1n) is 5.53. The molecule has 0 unspecified atom stereocenters. The molecule has 0 aliphatic carbocycles. The van der Waals surface area contributed by atoms with Crippen LogP contribution in [0.2, 0.25) is 0 Å². The van der Waals surface area contributed by atoms with Crippen molar-refractivity contribution in [2.24, 2.45) is 0 Å². The molecule has 2 rings (SSSR count). The lowest BCUT2D eigenvalue weighted by atomic mass is 10.4. The van der Waals surface area contributed by atoms with Gasteiger partial charge in [0.05, 0.1) is 18.0 Å². The van der Waals surface area contributed by atoms with E-state index in [0.717, 1.165) is 10.7 Å². The Labute approximate surface area is 120 Å². The lowest BCUT2D eigenvalue weighted by Crippen LogP contribution is -2.23. The fourth-order valence-corrected chi connectivity index (χ4v) is 4.87. The molecule has 0 bridgehead atoms. The zero-order chi connectivity index (χ0) is 14.0. The SMILES string of the molecule is Cc1csc(CNS(=O)(=O)c2cc(CO)sc2C)n1. The predicted octanol–water partition coefficient (Wildman–Crippen LogP) is 1.79. The van der Waals surface area contributed by atoms with Gasteiger partial charge in [-0.1, -0.05) is 0 Å². The summed E-state index contributed by atoms with van der Waals surface area (Å²) in [5, 5.41) is 11.6. The van der Waals surface area contributed by atoms with Crippen molar-refractivity contribution in [2.45, 2.75) is 31.9 Å². The number of thiazole rings is 1. The largest absolute Gasteiger partial charge is 0.391 e. The molecule has 5 nitrogen and oxygen atoms in total. The van der Waals surface area contributed by atoms with Crippen LogP contribution in [0.15, 0.2) is 16.3 Å². The number of hydrogen-bond acceptors (Lipinski definition) is 6. The van der Waals surface area contributed by atoms with Crippen molar-refractivity contribution in [2.75, 3.05) is 0 Å². The van der Waals surface area contributed by atoms with Crippen molar-refractivity contribution < 1.29 is 13.5 Å². The van der Waals surface area contributed by atoms with E-state index in [0.29, 0.717) is 9.75 Å². The van der Waals surface area contributed by atoms with Crippen LogP contribution in [0, 0.1) is 13.8 Å². The van der Waals surface area contributed by atoms with Gasteiger partial charge in [0.1, 0.15) is 5.01 Å². The molecule has 19 heavy (non-hydrogen) atoms. The van der Waals surface area contributed by atoms with E-state index >= 15 is 0 Å². The molecule has 0 aliphatic heterocycles. The molecule has 8 heteroatoms. The molecule has 2 N–H and O–H groups in total. The zero-order valence-corrected chi connectivity index (χ0v) is 13.0. The summed E-state index contributed by atoms with van der Waals surface area (Å²) in [5.74, 6) is 0. The average molecular weight is 318 g/mol. The maximum atomic E-state index is 12.2. The van der Waals surface area contributed by atoms with Crippen molar-refractivity contribution in [1.29, 1.82) is 0 Å². The highest BCUT2D eigenvalue weighted by atomic mass is 32.2. The van der Waals surface area contributed by atoms with Crippen LogP contribution < -0.4 is 4.72 Å². The average Bonchev–Trinajstić information content (AvgIpc) is 2.93. The monoisotopic (exact) mass is 318 g/mol. The van der Waals surface area contributed by atoms with Crippen molar-refractivity contribution >= 4 is 32.7 Å². The van der Waals surface area contributed by atoms with Gasteiger partial charge >= 0.3 is 0 Å². The third-order valence-electron chi connectivity index (χ3n) is 2.45. The molecule has 104 valence electrons. The summed E-state index contributed by atoms with van der Waals surface area (Å²) < 4.78 is 26.8. The first kappa shape index (κ1) is 14.6. The van der Waals surface area contributed by atoms with Crippen LogP contribution in [0.4, 0.5) is 0 Å². The second-order valence-electron chi connectivity index (χ2n) is 4.00. The summed E-state index contributed by atoms with van der Waals surface area (Å²) in [4.78, 5) is 5.75. The summed E-state index contributed by atoms with van der Waals surface area (Å²) in [7, 11) is -3.55. The molecule has 0 atom stereocenters. The lowest BCUT2D eigenvalue weighted by molar-refractivity contribution is 0.285. The van der Waals surface area contributed by atoms with Gasteiger partial charge in [-0.3, -0.25) is 0 Å². The normalized spacial score (nSPS) is 11.9. The van der Waals surface area contributed by atoms with E-state index < -0.39 is 10.0 Å². The van der Waals surface area contributed by atoms with Crippen molar-refractivity contribution in [3.8, 4) is 0 Å². The Bertz CT molecular complexity index is 673. The Hall–Kier alpha value is -0.800. The van der Waals surface area contributed by atoms with Gasteiger partial charge < -0.3 is 5.11 Å². The zero-order valence-electron chi connectivity index (χ0n) is 10.5. The van der Waals surface area contributed by atoms with Crippen LogP contribution in [0.5, 0.6) is 0 Å². The minimum absolute atomic E-state index is 0.146. The van der Waals surface area contributed by atoms with Gasteiger partial charge in [-0.15, -0.1) is 22.7 Å². The Balaban J connectivity index is 2.15. The molecule has 0 spiro atoms. The van der Waals surface area contributed by atoms with E-state index in [4.69, 9.17) is 5.11 Å². The van der Waals surface area contributed by atoms with Crippen LogP contribution in [0.1, 0.15) is 20.5 Å². The molecule has 0 fully saturated rings. The molecule has 0 aromatic carbocycles. The van der Waals surface area contributed by atoms with Crippen LogP contribution >= 0.6 is 22.7 Å². The van der Waals surface area contributed by atoms with E-state index in [1.807, 2.05) is 12.3 Å². The first-order valence-corrected chi connectivity index (χ1v) is 8.71. The van der Waals surface area contributed by atoms with Crippen molar-refractivity contribution in [3.05, 3.63) is 31.9 Å². The third-order valence-corrected chi connectivity index (χ3v) is 6.11. The quantitative estimate of drug-likeness (QED) is 0.881. The van der Waals surface area contributed by atoms with E-state index in [2.05, 4.69) is 9.71 Å². The fraction of sp³-hybridized carbons (Fsp3) is 0.364. The van der Waals surface area contributed by atoms with Crippen LogP contribution in [0.3, 0.4) is 0 Å². The maximum Gasteiger partial charge on any atom is 0.242 e. The van der Waals surface area contributed by atoms with Crippen molar-refractivity contribution in [1.82, 2.24) is 9.71 Å². The van der Waals surface area contributed by atoms with E-state index in [1.54, 1.807) is 6.92 Å². The van der Waals surface area contributed by atoms with E-state index in [9.17, 15) is 8.42 Å². The molecule has 2 aromatic rings. The summed E-state index contributed by atoms with van der Waals surface area (Å²) in [5.41, 5.74) is 0.883. The second-order valence-corrected chi connectivity index (χ2v) is 8.02. The number of aromatic nitrogens is 1. The molecule has 0 amide bonds. The number of nitrogens with zero attached hydrogens (tertiary/aromatic N) is 1. The Morgan fingerprint density at radius 1 is 1.42 bits per heavy atom. The van der Waals surface area contributed by atoms with Gasteiger partial charge in [0, 0.05) is 20.8 Å². The summed E-state index contributed by atoms with van der Waals surface area (Å²) in [6, 6.07) is 1.51.